The lowest BCUT2D eigenvalue weighted by Gasteiger charge is -2.19. The van der Waals surface area contributed by atoms with Crippen LogP contribution in [0.1, 0.15) is 19.5 Å². The van der Waals surface area contributed by atoms with Gasteiger partial charge in [0.25, 0.3) is 5.56 Å². The molecular weight excluding hydrogens is 154 g/mol. The van der Waals surface area contributed by atoms with Crippen molar-refractivity contribution in [2.75, 3.05) is 0 Å². The second-order valence-corrected chi connectivity index (χ2v) is 3.64. The first-order valence-corrected chi connectivity index (χ1v) is 3.86. The van der Waals surface area contributed by atoms with Gasteiger partial charge in [-0.05, 0) is 13.8 Å². The topological polar surface area (TPSA) is 52.9 Å². The lowest BCUT2D eigenvalue weighted by molar-refractivity contribution is 0.461. The minimum absolute atomic E-state index is 0.0222. The Hall–Kier alpha value is -1.03. The van der Waals surface area contributed by atoms with Gasteiger partial charge in [-0.2, -0.15) is 0 Å². The summed E-state index contributed by atoms with van der Waals surface area (Å²) in [7, 11) is 3.54. The fraction of sp³-hybridized carbons (Fsp3) is 0.625. The third-order valence-corrected chi connectivity index (χ3v) is 2.04. The van der Waals surface area contributed by atoms with E-state index in [0.717, 1.165) is 5.69 Å². The van der Waals surface area contributed by atoms with Crippen LogP contribution < -0.4 is 11.3 Å². The quantitative estimate of drug-likeness (QED) is 0.639. The number of nitrogens with two attached hydrogens (primary N) is 1. The third-order valence-electron chi connectivity index (χ3n) is 2.04. The van der Waals surface area contributed by atoms with Crippen molar-refractivity contribution in [2.45, 2.75) is 19.4 Å². The second-order valence-electron chi connectivity index (χ2n) is 3.64. The first-order valence-electron chi connectivity index (χ1n) is 3.86. The van der Waals surface area contributed by atoms with E-state index in [4.69, 9.17) is 5.73 Å². The van der Waals surface area contributed by atoms with E-state index in [2.05, 4.69) is 0 Å². The van der Waals surface area contributed by atoms with Crippen LogP contribution in [-0.4, -0.2) is 9.36 Å². The van der Waals surface area contributed by atoms with Gasteiger partial charge in [-0.25, -0.2) is 0 Å². The van der Waals surface area contributed by atoms with Crippen molar-refractivity contribution in [1.29, 1.82) is 0 Å². The number of hydrogen-bond acceptors (Lipinski definition) is 2. The Bertz CT molecular complexity index is 340. The van der Waals surface area contributed by atoms with E-state index in [-0.39, 0.29) is 5.56 Å². The van der Waals surface area contributed by atoms with Gasteiger partial charge in [-0.1, -0.05) is 0 Å². The Labute approximate surface area is 71.6 Å². The molecule has 0 amide bonds. The first-order chi connectivity index (χ1) is 5.34. The zero-order valence-corrected chi connectivity index (χ0v) is 7.96. The summed E-state index contributed by atoms with van der Waals surface area (Å²) in [5.74, 6) is 0. The number of nitrogens with zero attached hydrogens (tertiary/aromatic N) is 2. The molecule has 0 aliphatic rings. The van der Waals surface area contributed by atoms with E-state index < -0.39 is 5.54 Å². The van der Waals surface area contributed by atoms with Crippen molar-refractivity contribution in [3.8, 4) is 0 Å². The van der Waals surface area contributed by atoms with E-state index in [1.807, 2.05) is 20.9 Å². The summed E-state index contributed by atoms with van der Waals surface area (Å²) in [4.78, 5) is 11.2. The molecule has 0 saturated heterocycles. The highest BCUT2D eigenvalue weighted by Gasteiger charge is 2.19. The molecule has 0 fully saturated rings. The van der Waals surface area contributed by atoms with Crippen LogP contribution in [-0.2, 0) is 19.6 Å². The molecule has 4 nitrogen and oxygen atoms in total. The fourth-order valence-electron chi connectivity index (χ4n) is 1.22. The van der Waals surface area contributed by atoms with Crippen molar-refractivity contribution in [2.24, 2.45) is 19.8 Å². The van der Waals surface area contributed by atoms with Gasteiger partial charge in [0.05, 0.1) is 11.2 Å². The first kappa shape index (κ1) is 9.06. The van der Waals surface area contributed by atoms with Gasteiger partial charge in [0, 0.05) is 20.2 Å². The third kappa shape index (κ3) is 1.30. The van der Waals surface area contributed by atoms with Gasteiger partial charge >= 0.3 is 0 Å². The van der Waals surface area contributed by atoms with Crippen molar-refractivity contribution < 1.29 is 0 Å². The van der Waals surface area contributed by atoms with Crippen LogP contribution in [0.4, 0.5) is 0 Å². The molecule has 1 heterocycles. The maximum atomic E-state index is 11.2. The Morgan fingerprint density at radius 2 is 1.83 bits per heavy atom. The van der Waals surface area contributed by atoms with Crippen molar-refractivity contribution in [3.63, 3.8) is 0 Å². The summed E-state index contributed by atoms with van der Waals surface area (Å²) >= 11 is 0. The standard InChI is InChI=1S/C8H15N3O/c1-8(2,9)6-5-7(12)11(4)10(6)3/h5H,9H2,1-4H3. The summed E-state index contributed by atoms with van der Waals surface area (Å²) in [6.45, 7) is 3.75. The maximum Gasteiger partial charge on any atom is 0.266 e. The molecule has 0 aliphatic heterocycles. The van der Waals surface area contributed by atoms with Crippen molar-refractivity contribution in [3.05, 3.63) is 22.1 Å². The van der Waals surface area contributed by atoms with E-state index in [0.29, 0.717) is 0 Å². The molecule has 0 radical (unpaired) electrons. The molecule has 0 aromatic carbocycles. The molecule has 4 heteroatoms. The van der Waals surface area contributed by atoms with E-state index in [9.17, 15) is 4.79 Å². The van der Waals surface area contributed by atoms with Crippen molar-refractivity contribution in [1.82, 2.24) is 9.36 Å². The monoisotopic (exact) mass is 169 g/mol. The average molecular weight is 169 g/mol. The smallest absolute Gasteiger partial charge is 0.266 e. The van der Waals surface area contributed by atoms with Gasteiger partial charge in [-0.15, -0.1) is 0 Å². The molecule has 0 bridgehead atoms. The second kappa shape index (κ2) is 2.48. The summed E-state index contributed by atoms with van der Waals surface area (Å²) in [6, 6.07) is 1.57. The van der Waals surface area contributed by atoms with Gasteiger partial charge in [0.15, 0.2) is 0 Å². The highest BCUT2D eigenvalue weighted by Crippen LogP contribution is 2.13. The number of aromatic nitrogens is 2. The minimum atomic E-state index is -0.463. The van der Waals surface area contributed by atoms with E-state index in [1.165, 1.54) is 4.68 Å². The molecule has 0 unspecified atom stereocenters. The normalized spacial score (nSPS) is 12.1. The predicted molar refractivity (Wildman–Crippen MR) is 47.9 cm³/mol. The summed E-state index contributed by atoms with van der Waals surface area (Å²) in [6.07, 6.45) is 0. The van der Waals surface area contributed by atoms with Crippen molar-refractivity contribution >= 4 is 0 Å². The zero-order valence-electron chi connectivity index (χ0n) is 7.96. The molecule has 12 heavy (non-hydrogen) atoms. The summed E-state index contributed by atoms with van der Waals surface area (Å²) in [5, 5.41) is 0. The van der Waals surface area contributed by atoms with Gasteiger partial charge < -0.3 is 5.73 Å². The molecule has 1 aromatic heterocycles. The molecule has 0 atom stereocenters. The van der Waals surface area contributed by atoms with Crippen LogP contribution in [0.25, 0.3) is 0 Å². The van der Waals surface area contributed by atoms with Gasteiger partial charge in [-0.3, -0.25) is 14.2 Å². The highest BCUT2D eigenvalue weighted by atomic mass is 16.1. The number of hydrogen-bond donors (Lipinski definition) is 1. The summed E-state index contributed by atoms with van der Waals surface area (Å²) in [5.41, 5.74) is 6.22. The Morgan fingerprint density at radius 3 is 2.00 bits per heavy atom. The van der Waals surface area contributed by atoms with E-state index in [1.54, 1.807) is 17.8 Å². The SMILES string of the molecule is Cn1c(C(C)(C)N)cc(=O)n1C. The largest absolute Gasteiger partial charge is 0.321 e. The number of rotatable bonds is 1. The van der Waals surface area contributed by atoms with E-state index >= 15 is 0 Å². The molecular formula is C8H15N3O. The Morgan fingerprint density at radius 1 is 1.33 bits per heavy atom. The Kier molecular flexibility index (Phi) is 1.88. The molecule has 1 aromatic rings. The van der Waals surface area contributed by atoms with Gasteiger partial charge in [0.2, 0.25) is 0 Å². The molecule has 0 aliphatic carbocycles. The lowest BCUT2D eigenvalue weighted by Crippen LogP contribution is -2.32. The van der Waals surface area contributed by atoms with Gasteiger partial charge in [0.1, 0.15) is 0 Å². The van der Waals surface area contributed by atoms with Crippen LogP contribution in [0.5, 0.6) is 0 Å². The zero-order chi connectivity index (χ0) is 9.52. The fourth-order valence-corrected chi connectivity index (χ4v) is 1.22. The maximum absolute atomic E-state index is 11.2. The average Bonchev–Trinajstić information content (AvgIpc) is 2.15. The van der Waals surface area contributed by atoms with Crippen LogP contribution in [0.15, 0.2) is 10.9 Å². The summed E-state index contributed by atoms with van der Waals surface area (Å²) < 4.78 is 3.30. The molecule has 2 N–H and O–H groups in total. The lowest BCUT2D eigenvalue weighted by atomic mass is 10.0. The highest BCUT2D eigenvalue weighted by molar-refractivity contribution is 5.11. The molecule has 68 valence electrons. The molecule has 1 rings (SSSR count). The van der Waals surface area contributed by atoms with Crippen LogP contribution >= 0.6 is 0 Å². The van der Waals surface area contributed by atoms with Crippen LogP contribution in [0.2, 0.25) is 0 Å². The molecule has 0 saturated carbocycles. The minimum Gasteiger partial charge on any atom is -0.321 e. The molecule has 0 spiro atoms. The predicted octanol–water partition coefficient (Wildman–Crippen LogP) is -0.0824. The van der Waals surface area contributed by atoms with Crippen LogP contribution in [0, 0.1) is 0 Å². The van der Waals surface area contributed by atoms with Crippen LogP contribution in [0.3, 0.4) is 0 Å². The Balaban J connectivity index is 3.38.